The zero-order chi connectivity index (χ0) is 13.9. The highest BCUT2D eigenvalue weighted by Crippen LogP contribution is 2.18. The van der Waals surface area contributed by atoms with E-state index in [9.17, 15) is 9.59 Å². The van der Waals surface area contributed by atoms with Gasteiger partial charge in [0.25, 0.3) is 0 Å². The number of esters is 2. The lowest BCUT2D eigenvalue weighted by molar-refractivity contribution is -0.149. The maximum Gasteiger partial charge on any atom is 0.359 e. The number of aryl methyl sites for hydroxylation is 2. The van der Waals surface area contributed by atoms with Crippen LogP contribution in [0.15, 0.2) is 0 Å². The predicted octanol–water partition coefficient (Wildman–Crippen LogP) is 0.283. The van der Waals surface area contributed by atoms with Gasteiger partial charge in [-0.25, -0.2) is 9.59 Å². The molecule has 0 aromatic carbocycles. The van der Waals surface area contributed by atoms with Crippen molar-refractivity contribution in [2.75, 3.05) is 12.8 Å². The Balaban J connectivity index is 2.91. The van der Waals surface area contributed by atoms with E-state index in [4.69, 9.17) is 10.5 Å². The number of hydrogen-bond donors (Lipinski definition) is 1. The van der Waals surface area contributed by atoms with E-state index in [-0.39, 0.29) is 11.4 Å². The maximum atomic E-state index is 11.9. The molecule has 1 rings (SSSR count). The average Bonchev–Trinajstić information content (AvgIpc) is 2.62. The molecule has 1 unspecified atom stereocenters. The number of methoxy groups -OCH3 is 1. The molecule has 0 aliphatic rings. The monoisotopic (exact) mass is 255 g/mol. The van der Waals surface area contributed by atoms with Gasteiger partial charge in [-0.15, -0.1) is 0 Å². The molecule has 100 valence electrons. The highest BCUT2D eigenvalue weighted by Gasteiger charge is 2.25. The summed E-state index contributed by atoms with van der Waals surface area (Å²) < 4.78 is 10.8. The van der Waals surface area contributed by atoms with E-state index < -0.39 is 18.0 Å². The number of aromatic nitrogens is 2. The Labute approximate surface area is 105 Å². The van der Waals surface area contributed by atoms with Gasteiger partial charge in [0.1, 0.15) is 0 Å². The summed E-state index contributed by atoms with van der Waals surface area (Å²) in [5, 5.41) is 4.10. The number of nitrogens with zero attached hydrogens (tertiary/aromatic N) is 2. The molecule has 0 amide bonds. The van der Waals surface area contributed by atoms with E-state index >= 15 is 0 Å². The molecule has 0 radical (unpaired) electrons. The number of nitrogens with two attached hydrogens (primary N) is 1. The smallest absolute Gasteiger partial charge is 0.359 e. The third-order valence-corrected chi connectivity index (χ3v) is 2.51. The Bertz CT molecular complexity index is 467. The molecule has 0 saturated heterocycles. The van der Waals surface area contributed by atoms with Crippen LogP contribution >= 0.6 is 0 Å². The zero-order valence-electron chi connectivity index (χ0n) is 10.9. The van der Waals surface area contributed by atoms with Crippen LogP contribution in [0.3, 0.4) is 0 Å². The zero-order valence-corrected chi connectivity index (χ0v) is 10.9. The number of carbonyl (C=O) groups excluding carboxylic acids is 2. The summed E-state index contributed by atoms with van der Waals surface area (Å²) in [7, 11) is 2.81. The van der Waals surface area contributed by atoms with Crippen LogP contribution in [0.2, 0.25) is 0 Å². The molecule has 0 saturated carbocycles. The van der Waals surface area contributed by atoms with Gasteiger partial charge in [-0.1, -0.05) is 6.92 Å². The number of hydrogen-bond acceptors (Lipinski definition) is 6. The molecule has 0 aliphatic carbocycles. The van der Waals surface area contributed by atoms with Crippen molar-refractivity contribution in [3.63, 3.8) is 0 Å². The van der Waals surface area contributed by atoms with Gasteiger partial charge in [0.2, 0.25) is 0 Å². The molecule has 18 heavy (non-hydrogen) atoms. The SMILES string of the molecule is CCc1nn(C)c(C(=O)OC(C)C(=O)OC)c1N. The van der Waals surface area contributed by atoms with Gasteiger partial charge in [-0.2, -0.15) is 5.10 Å². The van der Waals surface area contributed by atoms with Gasteiger partial charge in [-0.3, -0.25) is 4.68 Å². The van der Waals surface area contributed by atoms with E-state index in [0.717, 1.165) is 0 Å². The van der Waals surface area contributed by atoms with Gasteiger partial charge < -0.3 is 15.2 Å². The first kappa shape index (κ1) is 14.0. The predicted molar refractivity (Wildman–Crippen MR) is 63.9 cm³/mol. The van der Waals surface area contributed by atoms with Crippen molar-refractivity contribution >= 4 is 17.6 Å². The minimum Gasteiger partial charge on any atom is -0.466 e. The van der Waals surface area contributed by atoms with Gasteiger partial charge in [0, 0.05) is 7.05 Å². The highest BCUT2D eigenvalue weighted by molar-refractivity contribution is 5.95. The average molecular weight is 255 g/mol. The third-order valence-electron chi connectivity index (χ3n) is 2.51. The molecule has 0 aliphatic heterocycles. The Kier molecular flexibility index (Phi) is 4.30. The summed E-state index contributed by atoms with van der Waals surface area (Å²) in [6.45, 7) is 3.31. The van der Waals surface area contributed by atoms with Gasteiger partial charge in [0.05, 0.1) is 18.5 Å². The van der Waals surface area contributed by atoms with Gasteiger partial charge in [0.15, 0.2) is 11.8 Å². The molecule has 1 aromatic rings. The van der Waals surface area contributed by atoms with Crippen molar-refractivity contribution in [3.8, 4) is 0 Å². The Morgan fingerprint density at radius 2 is 2.11 bits per heavy atom. The fraction of sp³-hybridized carbons (Fsp3) is 0.545. The van der Waals surface area contributed by atoms with E-state index in [0.29, 0.717) is 12.1 Å². The fourth-order valence-electron chi connectivity index (χ4n) is 1.53. The molecule has 1 heterocycles. The van der Waals surface area contributed by atoms with E-state index in [1.807, 2.05) is 6.92 Å². The quantitative estimate of drug-likeness (QED) is 0.776. The van der Waals surface area contributed by atoms with Crippen LogP contribution in [0.5, 0.6) is 0 Å². The molecule has 7 heteroatoms. The van der Waals surface area contributed by atoms with Crippen molar-refractivity contribution < 1.29 is 19.1 Å². The van der Waals surface area contributed by atoms with Crippen molar-refractivity contribution in [1.82, 2.24) is 9.78 Å². The summed E-state index contributed by atoms with van der Waals surface area (Å²) in [5.41, 5.74) is 6.84. The summed E-state index contributed by atoms with van der Waals surface area (Å²) >= 11 is 0. The summed E-state index contributed by atoms with van der Waals surface area (Å²) in [6, 6.07) is 0. The lowest BCUT2D eigenvalue weighted by Gasteiger charge is -2.11. The standard InChI is InChI=1S/C11H17N3O4/c1-5-7-8(12)9(14(3)13-7)11(16)18-6(2)10(15)17-4/h6H,5,12H2,1-4H3. The van der Waals surface area contributed by atoms with Crippen molar-refractivity contribution in [3.05, 3.63) is 11.4 Å². The largest absolute Gasteiger partial charge is 0.466 e. The molecule has 0 fully saturated rings. The van der Waals surface area contributed by atoms with Crippen LogP contribution in [0, 0.1) is 0 Å². The Morgan fingerprint density at radius 3 is 2.56 bits per heavy atom. The molecule has 7 nitrogen and oxygen atoms in total. The highest BCUT2D eigenvalue weighted by atomic mass is 16.6. The summed E-state index contributed by atoms with van der Waals surface area (Å²) in [5.74, 6) is -1.32. The molecule has 2 N–H and O–H groups in total. The van der Waals surface area contributed by atoms with Crippen LogP contribution in [0.25, 0.3) is 0 Å². The van der Waals surface area contributed by atoms with Crippen molar-refractivity contribution in [2.24, 2.45) is 7.05 Å². The van der Waals surface area contributed by atoms with Crippen LogP contribution < -0.4 is 5.73 Å². The second-order valence-electron chi connectivity index (χ2n) is 3.76. The maximum absolute atomic E-state index is 11.9. The number of anilines is 1. The number of rotatable bonds is 4. The minimum absolute atomic E-state index is 0.141. The van der Waals surface area contributed by atoms with Crippen LogP contribution in [0.1, 0.15) is 30.0 Å². The van der Waals surface area contributed by atoms with Crippen LogP contribution in [0.4, 0.5) is 5.69 Å². The Morgan fingerprint density at radius 1 is 1.50 bits per heavy atom. The van der Waals surface area contributed by atoms with Crippen molar-refractivity contribution in [1.29, 1.82) is 0 Å². The number of carbonyl (C=O) groups is 2. The van der Waals surface area contributed by atoms with E-state index in [2.05, 4.69) is 9.84 Å². The van der Waals surface area contributed by atoms with E-state index in [1.54, 1.807) is 7.05 Å². The molecule has 0 spiro atoms. The van der Waals surface area contributed by atoms with Crippen LogP contribution in [-0.4, -0.2) is 34.9 Å². The first-order valence-electron chi connectivity index (χ1n) is 5.52. The first-order chi connectivity index (χ1) is 8.42. The molecule has 1 atom stereocenters. The Hall–Kier alpha value is -2.05. The van der Waals surface area contributed by atoms with E-state index in [1.165, 1.54) is 18.7 Å². The summed E-state index contributed by atoms with van der Waals surface area (Å²) in [4.78, 5) is 23.0. The molecular formula is C11H17N3O4. The molecular weight excluding hydrogens is 238 g/mol. The number of nitrogen functional groups attached to an aromatic ring is 1. The molecule has 1 aromatic heterocycles. The number of ether oxygens (including phenoxy) is 2. The third kappa shape index (κ3) is 2.61. The fourth-order valence-corrected chi connectivity index (χ4v) is 1.53. The molecule has 0 bridgehead atoms. The lowest BCUT2D eigenvalue weighted by Crippen LogP contribution is -2.26. The minimum atomic E-state index is -0.984. The van der Waals surface area contributed by atoms with Gasteiger partial charge >= 0.3 is 11.9 Å². The lowest BCUT2D eigenvalue weighted by atomic mass is 10.2. The second-order valence-corrected chi connectivity index (χ2v) is 3.76. The van der Waals surface area contributed by atoms with Crippen LogP contribution in [-0.2, 0) is 27.7 Å². The van der Waals surface area contributed by atoms with Crippen molar-refractivity contribution in [2.45, 2.75) is 26.4 Å². The second kappa shape index (κ2) is 5.52. The topological polar surface area (TPSA) is 96.4 Å². The first-order valence-corrected chi connectivity index (χ1v) is 5.52. The van der Waals surface area contributed by atoms with Gasteiger partial charge in [-0.05, 0) is 13.3 Å². The summed E-state index contributed by atoms with van der Waals surface area (Å²) in [6.07, 6.45) is -0.374. The normalized spacial score (nSPS) is 12.0.